The summed E-state index contributed by atoms with van der Waals surface area (Å²) >= 11 is 0. The predicted octanol–water partition coefficient (Wildman–Crippen LogP) is 2.88. The number of ether oxygens (including phenoxy) is 2. The quantitative estimate of drug-likeness (QED) is 0.747. The van der Waals surface area contributed by atoms with Crippen LogP contribution in [0, 0.1) is 11.3 Å². The van der Waals surface area contributed by atoms with Crippen molar-refractivity contribution in [3.63, 3.8) is 0 Å². The predicted molar refractivity (Wildman–Crippen MR) is 83.2 cm³/mol. The van der Waals surface area contributed by atoms with E-state index >= 15 is 0 Å². The van der Waals surface area contributed by atoms with Gasteiger partial charge in [-0.15, -0.1) is 0 Å². The fraction of sp³-hybridized carbons (Fsp3) is 0.833. The molecule has 0 aromatic rings. The highest BCUT2D eigenvalue weighted by Gasteiger charge is 2.52. The molecule has 0 N–H and O–H groups in total. The molecular formula is C18H27NO3. The third-order valence-electron chi connectivity index (χ3n) is 5.87. The first-order chi connectivity index (χ1) is 10.5. The number of hydrogen-bond donors (Lipinski definition) is 0. The largest absolute Gasteiger partial charge is 0.476 e. The second-order valence-corrected chi connectivity index (χ2v) is 8.22. The Morgan fingerprint density at radius 3 is 2.73 bits per heavy atom. The summed E-state index contributed by atoms with van der Waals surface area (Å²) in [5.41, 5.74) is 0.912. The lowest BCUT2D eigenvalue weighted by molar-refractivity contribution is -0.194. The van der Waals surface area contributed by atoms with E-state index in [9.17, 15) is 4.79 Å². The van der Waals surface area contributed by atoms with Crippen LogP contribution in [-0.4, -0.2) is 42.7 Å². The molecule has 2 atom stereocenters. The lowest BCUT2D eigenvalue weighted by atomic mass is 9.67. The van der Waals surface area contributed by atoms with Gasteiger partial charge in [-0.2, -0.15) is 0 Å². The molecule has 0 aromatic carbocycles. The molecule has 4 aliphatic rings. The van der Waals surface area contributed by atoms with Crippen molar-refractivity contribution in [1.29, 1.82) is 0 Å². The molecule has 0 spiro atoms. The highest BCUT2D eigenvalue weighted by Crippen LogP contribution is 2.52. The van der Waals surface area contributed by atoms with Crippen molar-refractivity contribution >= 4 is 5.78 Å². The zero-order chi connectivity index (χ0) is 15.4. The van der Waals surface area contributed by atoms with E-state index in [0.29, 0.717) is 18.1 Å². The molecule has 122 valence electrons. The molecule has 0 amide bonds. The second kappa shape index (κ2) is 5.07. The minimum atomic E-state index is -0.167. The lowest BCUT2D eigenvalue weighted by Crippen LogP contribution is -2.59. The van der Waals surface area contributed by atoms with Gasteiger partial charge in [-0.05, 0) is 24.2 Å². The van der Waals surface area contributed by atoms with E-state index in [1.54, 1.807) is 0 Å². The zero-order valence-corrected chi connectivity index (χ0v) is 13.8. The number of Topliss-reactive ketones (excluding diaryl/α,β-unsaturated/α-hetero) is 1. The van der Waals surface area contributed by atoms with Gasteiger partial charge in [0.25, 0.3) is 0 Å². The normalized spacial score (nSPS) is 38.5. The number of nitrogens with zero attached hydrogens (tertiary/aromatic N) is 1. The number of hydrogen-bond acceptors (Lipinski definition) is 4. The summed E-state index contributed by atoms with van der Waals surface area (Å²) in [6, 6.07) is 0. The second-order valence-electron chi connectivity index (χ2n) is 8.22. The molecule has 1 saturated heterocycles. The lowest BCUT2D eigenvalue weighted by Gasteiger charge is -2.54. The van der Waals surface area contributed by atoms with Gasteiger partial charge in [0, 0.05) is 44.3 Å². The van der Waals surface area contributed by atoms with Gasteiger partial charge in [0.2, 0.25) is 0 Å². The third-order valence-corrected chi connectivity index (χ3v) is 5.87. The molecule has 22 heavy (non-hydrogen) atoms. The number of morpholine rings is 1. The Bertz CT molecular complexity index is 518. The molecule has 4 nitrogen and oxygen atoms in total. The van der Waals surface area contributed by atoms with Crippen molar-refractivity contribution < 1.29 is 14.3 Å². The SMILES string of the molecule is CC1(C)CC(=O)C2=C(C1)O[C@@]1(N3CCOCC3)CCC[C@H]2C1. The summed E-state index contributed by atoms with van der Waals surface area (Å²) in [6.45, 7) is 7.87. The molecule has 1 saturated carbocycles. The van der Waals surface area contributed by atoms with E-state index in [2.05, 4.69) is 18.7 Å². The summed E-state index contributed by atoms with van der Waals surface area (Å²) in [4.78, 5) is 15.1. The number of allylic oxidation sites excluding steroid dienone is 2. The number of ketones is 1. The van der Waals surface area contributed by atoms with E-state index < -0.39 is 0 Å². The summed E-state index contributed by atoms with van der Waals surface area (Å²) in [5.74, 6) is 1.78. The van der Waals surface area contributed by atoms with E-state index in [-0.39, 0.29) is 11.1 Å². The molecule has 0 radical (unpaired) electrons. The molecule has 2 aliphatic heterocycles. The van der Waals surface area contributed by atoms with Gasteiger partial charge in [0.05, 0.1) is 13.2 Å². The minimum absolute atomic E-state index is 0.0355. The zero-order valence-electron chi connectivity index (χ0n) is 13.8. The van der Waals surface area contributed by atoms with Crippen LogP contribution in [0.25, 0.3) is 0 Å². The van der Waals surface area contributed by atoms with E-state index in [1.165, 1.54) is 0 Å². The van der Waals surface area contributed by atoms with Crippen molar-refractivity contribution in [2.45, 2.75) is 58.1 Å². The fourth-order valence-corrected chi connectivity index (χ4v) is 4.93. The summed E-state index contributed by atoms with van der Waals surface area (Å²) in [5, 5.41) is 0. The average Bonchev–Trinajstić information content (AvgIpc) is 2.46. The highest BCUT2D eigenvalue weighted by atomic mass is 16.5. The van der Waals surface area contributed by atoms with Crippen molar-refractivity contribution in [2.75, 3.05) is 26.3 Å². The van der Waals surface area contributed by atoms with Gasteiger partial charge in [-0.3, -0.25) is 9.69 Å². The Hall–Kier alpha value is -0.870. The van der Waals surface area contributed by atoms with Crippen LogP contribution >= 0.6 is 0 Å². The summed E-state index contributed by atoms with van der Waals surface area (Å²) in [6.07, 6.45) is 6.00. The Morgan fingerprint density at radius 1 is 1.18 bits per heavy atom. The van der Waals surface area contributed by atoms with Gasteiger partial charge < -0.3 is 9.47 Å². The molecule has 2 heterocycles. The third kappa shape index (κ3) is 2.31. The van der Waals surface area contributed by atoms with Crippen LogP contribution in [0.2, 0.25) is 0 Å². The smallest absolute Gasteiger partial charge is 0.163 e. The van der Waals surface area contributed by atoms with Crippen LogP contribution in [0.5, 0.6) is 0 Å². The van der Waals surface area contributed by atoms with E-state index in [0.717, 1.165) is 69.7 Å². The number of carbonyl (C=O) groups excluding carboxylic acids is 1. The molecule has 4 heteroatoms. The molecule has 4 rings (SSSR count). The van der Waals surface area contributed by atoms with Gasteiger partial charge >= 0.3 is 0 Å². The molecule has 0 unspecified atom stereocenters. The minimum Gasteiger partial charge on any atom is -0.476 e. The highest BCUT2D eigenvalue weighted by molar-refractivity contribution is 5.97. The molecule has 2 bridgehead atoms. The first-order valence-corrected chi connectivity index (χ1v) is 8.77. The maximum atomic E-state index is 12.7. The molecule has 2 aliphatic carbocycles. The van der Waals surface area contributed by atoms with Crippen LogP contribution < -0.4 is 0 Å². The Morgan fingerprint density at radius 2 is 1.95 bits per heavy atom. The number of fused-ring (bicyclic) bond motifs is 3. The Kier molecular flexibility index (Phi) is 3.39. The Balaban J connectivity index is 1.69. The maximum Gasteiger partial charge on any atom is 0.163 e. The van der Waals surface area contributed by atoms with Gasteiger partial charge in [0.1, 0.15) is 5.76 Å². The van der Waals surface area contributed by atoms with Crippen molar-refractivity contribution in [1.82, 2.24) is 4.90 Å². The van der Waals surface area contributed by atoms with Gasteiger partial charge in [-0.25, -0.2) is 0 Å². The Labute approximate surface area is 132 Å². The van der Waals surface area contributed by atoms with Crippen molar-refractivity contribution in [3.05, 3.63) is 11.3 Å². The first kappa shape index (κ1) is 14.7. The summed E-state index contributed by atoms with van der Waals surface area (Å²) < 4.78 is 12.1. The van der Waals surface area contributed by atoms with Gasteiger partial charge in [0.15, 0.2) is 11.5 Å². The molecular weight excluding hydrogens is 278 g/mol. The fourth-order valence-electron chi connectivity index (χ4n) is 4.93. The monoisotopic (exact) mass is 305 g/mol. The average molecular weight is 305 g/mol. The first-order valence-electron chi connectivity index (χ1n) is 8.77. The van der Waals surface area contributed by atoms with Crippen LogP contribution in [0.3, 0.4) is 0 Å². The van der Waals surface area contributed by atoms with Crippen LogP contribution in [0.15, 0.2) is 11.3 Å². The topological polar surface area (TPSA) is 38.8 Å². The van der Waals surface area contributed by atoms with Crippen LogP contribution in [0.4, 0.5) is 0 Å². The van der Waals surface area contributed by atoms with Crippen LogP contribution in [0.1, 0.15) is 52.4 Å². The van der Waals surface area contributed by atoms with Crippen molar-refractivity contribution in [3.8, 4) is 0 Å². The maximum absolute atomic E-state index is 12.7. The molecule has 2 fully saturated rings. The summed E-state index contributed by atoms with van der Waals surface area (Å²) in [7, 11) is 0. The van der Waals surface area contributed by atoms with E-state index in [1.807, 2.05) is 0 Å². The van der Waals surface area contributed by atoms with Crippen molar-refractivity contribution in [2.24, 2.45) is 11.3 Å². The van der Waals surface area contributed by atoms with Crippen LogP contribution in [-0.2, 0) is 14.3 Å². The van der Waals surface area contributed by atoms with Gasteiger partial charge in [-0.1, -0.05) is 13.8 Å². The number of carbonyl (C=O) groups is 1. The number of rotatable bonds is 1. The molecule has 0 aromatic heterocycles. The standard InChI is InChI=1S/C18H27NO3/c1-17(2)11-14(20)16-13-4-3-5-18(10-13,22-15(16)12-17)19-6-8-21-9-7-19/h13H,3-12H2,1-2H3/t13-,18-/m0/s1. The van der Waals surface area contributed by atoms with E-state index in [4.69, 9.17) is 9.47 Å².